The van der Waals surface area contributed by atoms with E-state index in [0.717, 1.165) is 12.8 Å². The van der Waals surface area contributed by atoms with Crippen LogP contribution in [0.15, 0.2) is 34.4 Å². The van der Waals surface area contributed by atoms with Crippen molar-refractivity contribution >= 4 is 5.49 Å². The van der Waals surface area contributed by atoms with E-state index in [-0.39, 0.29) is 30.3 Å². The summed E-state index contributed by atoms with van der Waals surface area (Å²) in [5.41, 5.74) is 6.40. The van der Waals surface area contributed by atoms with Gasteiger partial charge >= 0.3 is 41.6 Å². The molecule has 0 saturated carbocycles. The van der Waals surface area contributed by atoms with E-state index in [4.69, 9.17) is 0 Å². The third-order valence-electron chi connectivity index (χ3n) is 5.14. The van der Waals surface area contributed by atoms with Gasteiger partial charge < -0.3 is 24.8 Å². The van der Waals surface area contributed by atoms with Crippen molar-refractivity contribution in [1.82, 2.24) is 0 Å². The third kappa shape index (κ3) is 22.4. The Morgan fingerprint density at radius 3 is 1.22 bits per heavy atom. The van der Waals surface area contributed by atoms with E-state index in [0.29, 0.717) is 0 Å². The van der Waals surface area contributed by atoms with Crippen LogP contribution >= 0.6 is 0 Å². The zero-order chi connectivity index (χ0) is 22.6. The minimum atomic E-state index is 0. The molecule has 184 valence electrons. The molecular formula is C28H48Cl2HfSi-2. The van der Waals surface area contributed by atoms with Gasteiger partial charge in [-0.3, -0.25) is 12.2 Å². The minimum Gasteiger partial charge on any atom is -1.00 e. The largest absolute Gasteiger partial charge is 1.00 e. The molecule has 0 heterocycles. The van der Waals surface area contributed by atoms with Gasteiger partial charge in [0.15, 0.2) is 0 Å². The molecule has 0 aromatic carbocycles. The number of hydrogen-bond donors (Lipinski definition) is 0. The molecule has 0 fully saturated rings. The second kappa shape index (κ2) is 26.2. The molecule has 0 aromatic rings. The van der Waals surface area contributed by atoms with Gasteiger partial charge in [0.1, 0.15) is 0 Å². The molecule has 0 bridgehead atoms. The zero-order valence-electron chi connectivity index (χ0n) is 21.8. The normalized spacial score (nSPS) is 13.8. The van der Waals surface area contributed by atoms with E-state index < -0.39 is 0 Å². The molecule has 0 atom stereocenters. The molecule has 4 heteroatoms. The molecule has 2 aliphatic rings. The summed E-state index contributed by atoms with van der Waals surface area (Å²) < 4.78 is 0. The van der Waals surface area contributed by atoms with Crippen LogP contribution in [-0.2, 0) is 23.0 Å². The molecule has 0 nitrogen and oxygen atoms in total. The summed E-state index contributed by atoms with van der Waals surface area (Å²) in [5.74, 6) is 0. The van der Waals surface area contributed by atoms with Crippen molar-refractivity contribution in [2.75, 3.05) is 0 Å². The fraction of sp³-hybridized carbons (Fsp3) is 0.714. The van der Waals surface area contributed by atoms with Crippen LogP contribution in [0.25, 0.3) is 0 Å². The molecule has 0 aromatic heterocycles. The van der Waals surface area contributed by atoms with E-state index in [9.17, 15) is 0 Å². The first-order chi connectivity index (χ1) is 14.5. The average molecular weight is 662 g/mol. The summed E-state index contributed by atoms with van der Waals surface area (Å²) in [4.78, 5) is 0. The maximum Gasteiger partial charge on any atom is -1.00 e. The maximum atomic E-state index is 3.47. The van der Waals surface area contributed by atoms with Crippen molar-refractivity contribution in [3.63, 3.8) is 0 Å². The first-order valence-electron chi connectivity index (χ1n) is 12.6. The average Bonchev–Trinajstić information content (AvgIpc) is 3.37. The van der Waals surface area contributed by atoms with Crippen LogP contribution in [0.3, 0.4) is 0 Å². The summed E-state index contributed by atoms with van der Waals surface area (Å²) in [6, 6.07) is 0. The first kappa shape index (κ1) is 37.2. The van der Waals surface area contributed by atoms with Gasteiger partial charge in [0.2, 0.25) is 0 Å². The van der Waals surface area contributed by atoms with Gasteiger partial charge in [0.05, 0.1) is 0 Å². The summed E-state index contributed by atoms with van der Waals surface area (Å²) in [6.07, 6.45) is 29.5. The summed E-state index contributed by atoms with van der Waals surface area (Å²) >= 11 is 1.45. The van der Waals surface area contributed by atoms with Crippen LogP contribution < -0.4 is 24.8 Å². The Balaban J connectivity index is -0.000000428. The number of allylic oxidation sites excluding steroid dienone is 8. The molecule has 0 N–H and O–H groups in total. The van der Waals surface area contributed by atoms with Gasteiger partial charge in [-0.2, -0.15) is 11.1 Å². The molecule has 2 rings (SSSR count). The van der Waals surface area contributed by atoms with Crippen LogP contribution in [0, 0.1) is 12.2 Å². The molecule has 0 spiro atoms. The number of halogens is 2. The van der Waals surface area contributed by atoms with Gasteiger partial charge in [-0.25, -0.2) is 23.3 Å². The van der Waals surface area contributed by atoms with Crippen LogP contribution in [0.4, 0.5) is 0 Å². The molecule has 0 unspecified atom stereocenters. The van der Waals surface area contributed by atoms with Gasteiger partial charge in [0, 0.05) is 0 Å². The summed E-state index contributed by atoms with van der Waals surface area (Å²) in [6.45, 7) is 13.7. The smallest absolute Gasteiger partial charge is 1.00 e. The summed E-state index contributed by atoms with van der Waals surface area (Å²) in [7, 11) is 0. The SMILES string of the molecule is CCCCC1=[C-]CC(CCCC)=C1.CCCCC1=[C-]CC(CCCC)=C1.C[Si](C)=[Hf+2].[Cl-].[Cl-]. The topological polar surface area (TPSA) is 0 Å². The van der Waals surface area contributed by atoms with Crippen LogP contribution in [-0.4, -0.2) is 5.49 Å². The third-order valence-corrected chi connectivity index (χ3v) is 5.14. The molecule has 0 aliphatic heterocycles. The number of rotatable bonds is 12. The van der Waals surface area contributed by atoms with E-state index in [1.54, 1.807) is 11.1 Å². The van der Waals surface area contributed by atoms with Crippen molar-refractivity contribution in [3.8, 4) is 0 Å². The Bertz CT molecular complexity index is 538. The second-order valence-corrected chi connectivity index (χ2v) is 21.6. The standard InChI is InChI=1S/2C13H21.C2H6Si.2ClH.Hf/c2*1-3-5-7-12-9-10-13(11-12)8-6-4-2;1-3-2;;;/h2*11H,3-9H2,1-2H3;1-2H3;2*1H;/q2*-1;;;;+2/p-2. The Hall–Kier alpha value is 0.627. The predicted molar refractivity (Wildman–Crippen MR) is 134 cm³/mol. The number of hydrogen-bond acceptors (Lipinski definition) is 0. The van der Waals surface area contributed by atoms with E-state index in [2.05, 4.69) is 65.1 Å². The van der Waals surface area contributed by atoms with Crippen molar-refractivity contribution < 1.29 is 47.8 Å². The van der Waals surface area contributed by atoms with Gasteiger partial charge in [-0.1, -0.05) is 91.9 Å². The second-order valence-electron chi connectivity index (χ2n) is 8.78. The van der Waals surface area contributed by atoms with E-state index in [1.807, 2.05) is 0 Å². The predicted octanol–water partition coefficient (Wildman–Crippen LogP) is 3.65. The molecular weight excluding hydrogens is 614 g/mol. The van der Waals surface area contributed by atoms with E-state index in [1.165, 1.54) is 111 Å². The van der Waals surface area contributed by atoms with Gasteiger partial charge in [-0.15, -0.1) is 12.8 Å². The van der Waals surface area contributed by atoms with Crippen LogP contribution in [0.5, 0.6) is 0 Å². The van der Waals surface area contributed by atoms with Gasteiger partial charge in [0.25, 0.3) is 0 Å². The fourth-order valence-corrected chi connectivity index (χ4v) is 3.34. The van der Waals surface area contributed by atoms with Crippen molar-refractivity contribution in [1.29, 1.82) is 0 Å². The van der Waals surface area contributed by atoms with Crippen LogP contribution in [0.2, 0.25) is 13.1 Å². The first-order valence-corrected chi connectivity index (χ1v) is 20.5. The Labute approximate surface area is 229 Å². The fourth-order valence-electron chi connectivity index (χ4n) is 3.34. The minimum absolute atomic E-state index is 0. The Morgan fingerprint density at radius 2 is 0.938 bits per heavy atom. The maximum absolute atomic E-state index is 3.47. The zero-order valence-corrected chi connectivity index (χ0v) is 27.9. The quantitative estimate of drug-likeness (QED) is 0.222. The Morgan fingerprint density at radius 1 is 0.656 bits per heavy atom. The molecule has 2 aliphatic carbocycles. The van der Waals surface area contributed by atoms with Crippen LogP contribution in [0.1, 0.15) is 118 Å². The molecule has 0 saturated heterocycles. The van der Waals surface area contributed by atoms with Crippen molar-refractivity contribution in [3.05, 3.63) is 46.6 Å². The van der Waals surface area contributed by atoms with E-state index >= 15 is 0 Å². The molecule has 0 radical (unpaired) electrons. The molecule has 32 heavy (non-hydrogen) atoms. The molecule has 0 amide bonds. The van der Waals surface area contributed by atoms with Gasteiger partial charge in [-0.05, 0) is 12.8 Å². The summed E-state index contributed by atoms with van der Waals surface area (Å²) in [5, 5.41) is 0. The van der Waals surface area contributed by atoms with Crippen molar-refractivity contribution in [2.24, 2.45) is 0 Å². The monoisotopic (exact) mass is 662 g/mol. The Kier molecular flexibility index (Phi) is 30.5. The number of unbranched alkanes of at least 4 members (excludes halogenated alkanes) is 4. The van der Waals surface area contributed by atoms with Crippen molar-refractivity contribution in [2.45, 2.75) is 131 Å².